The Labute approximate surface area is 174 Å². The van der Waals surface area contributed by atoms with Crippen LogP contribution in [-0.2, 0) is 14.3 Å². The minimum absolute atomic E-state index is 0.0131. The first-order valence-corrected chi connectivity index (χ1v) is 9.53. The van der Waals surface area contributed by atoms with Gasteiger partial charge in [-0.2, -0.15) is 0 Å². The van der Waals surface area contributed by atoms with Crippen LogP contribution < -0.4 is 4.74 Å². The zero-order chi connectivity index (χ0) is 21.0. The lowest BCUT2D eigenvalue weighted by atomic mass is 9.95. The second kappa shape index (κ2) is 9.11. The largest absolute Gasteiger partial charge is 0.507 e. The van der Waals surface area contributed by atoms with E-state index in [1.54, 1.807) is 19.2 Å². The van der Waals surface area contributed by atoms with Gasteiger partial charge >= 0.3 is 0 Å². The Balaban J connectivity index is 2.16. The molecule has 1 aliphatic rings. The van der Waals surface area contributed by atoms with Crippen LogP contribution in [0.4, 0.5) is 0 Å². The number of carbonyl (C=O) groups is 2. The lowest BCUT2D eigenvalue weighted by Gasteiger charge is -2.25. The number of methoxy groups -OCH3 is 2. The Kier molecular flexibility index (Phi) is 6.56. The molecule has 29 heavy (non-hydrogen) atoms. The number of benzene rings is 2. The number of Topliss-reactive ketones (excluding diaryl/α,β-unsaturated/α-hetero) is 1. The molecule has 152 valence electrons. The van der Waals surface area contributed by atoms with E-state index in [0.29, 0.717) is 30.3 Å². The normalized spacial score (nSPS) is 18.3. The van der Waals surface area contributed by atoms with Crippen LogP contribution in [0.25, 0.3) is 5.76 Å². The molecule has 3 rings (SSSR count). The standard InChI is InChI=1S/C22H22ClNO5/c1-28-12-6-11-24-19(14-7-4-3-5-8-14)18(21(26)22(24)27)20(25)16-13-15(23)9-10-17(16)29-2/h3-5,7-10,13,19,25H,6,11-12H2,1-2H3/b20-18+. The van der Waals surface area contributed by atoms with E-state index in [1.807, 2.05) is 30.3 Å². The number of hydrogen-bond acceptors (Lipinski definition) is 5. The van der Waals surface area contributed by atoms with Crippen molar-refractivity contribution in [2.75, 3.05) is 27.4 Å². The van der Waals surface area contributed by atoms with E-state index in [0.717, 1.165) is 5.56 Å². The van der Waals surface area contributed by atoms with E-state index in [2.05, 4.69) is 0 Å². The molecule has 1 fully saturated rings. The molecule has 0 spiro atoms. The van der Waals surface area contributed by atoms with E-state index in [9.17, 15) is 14.7 Å². The molecule has 1 saturated heterocycles. The Morgan fingerprint density at radius 2 is 1.86 bits per heavy atom. The highest BCUT2D eigenvalue weighted by molar-refractivity contribution is 6.46. The molecule has 2 aromatic rings. The Morgan fingerprint density at radius 3 is 2.52 bits per heavy atom. The van der Waals surface area contributed by atoms with Crippen molar-refractivity contribution in [1.82, 2.24) is 4.90 Å². The van der Waals surface area contributed by atoms with Crippen LogP contribution in [0.5, 0.6) is 5.75 Å². The summed E-state index contributed by atoms with van der Waals surface area (Å²) in [5, 5.41) is 11.5. The third kappa shape index (κ3) is 4.13. The molecule has 1 unspecified atom stereocenters. The van der Waals surface area contributed by atoms with Gasteiger partial charge in [-0.25, -0.2) is 0 Å². The molecule has 6 nitrogen and oxygen atoms in total. The predicted molar refractivity (Wildman–Crippen MR) is 110 cm³/mol. The van der Waals surface area contributed by atoms with E-state index < -0.39 is 17.7 Å². The first kappa shape index (κ1) is 20.9. The molecule has 7 heteroatoms. The highest BCUT2D eigenvalue weighted by Crippen LogP contribution is 2.41. The lowest BCUT2D eigenvalue weighted by molar-refractivity contribution is -0.140. The molecule has 0 aliphatic carbocycles. The van der Waals surface area contributed by atoms with E-state index >= 15 is 0 Å². The van der Waals surface area contributed by atoms with Crippen LogP contribution >= 0.6 is 11.6 Å². The van der Waals surface area contributed by atoms with Crippen LogP contribution in [0.2, 0.25) is 5.02 Å². The van der Waals surface area contributed by atoms with E-state index in [1.165, 1.54) is 18.1 Å². The van der Waals surface area contributed by atoms with Crippen molar-refractivity contribution in [2.45, 2.75) is 12.5 Å². The Bertz CT molecular complexity index is 941. The zero-order valence-corrected chi connectivity index (χ0v) is 17.0. The second-order valence-electron chi connectivity index (χ2n) is 6.59. The molecule has 1 aliphatic heterocycles. The monoisotopic (exact) mass is 415 g/mol. The number of hydrogen-bond donors (Lipinski definition) is 1. The Hall–Kier alpha value is -2.83. The molecule has 1 amide bonds. The maximum Gasteiger partial charge on any atom is 0.295 e. The Morgan fingerprint density at radius 1 is 1.14 bits per heavy atom. The molecular weight excluding hydrogens is 394 g/mol. The lowest BCUT2D eigenvalue weighted by Crippen LogP contribution is -2.31. The van der Waals surface area contributed by atoms with Crippen molar-refractivity contribution < 1.29 is 24.2 Å². The van der Waals surface area contributed by atoms with Crippen molar-refractivity contribution >= 4 is 29.1 Å². The van der Waals surface area contributed by atoms with Crippen LogP contribution in [0, 0.1) is 0 Å². The third-order valence-corrected chi connectivity index (χ3v) is 5.05. The number of ether oxygens (including phenoxy) is 2. The van der Waals surface area contributed by atoms with E-state index in [4.69, 9.17) is 21.1 Å². The SMILES string of the molecule is COCCCN1C(=O)C(=O)/C(=C(/O)c2cc(Cl)ccc2OC)C1c1ccccc1. The van der Waals surface area contributed by atoms with Crippen molar-refractivity contribution in [1.29, 1.82) is 0 Å². The van der Waals surface area contributed by atoms with Gasteiger partial charge in [-0.3, -0.25) is 9.59 Å². The summed E-state index contributed by atoms with van der Waals surface area (Å²) in [7, 11) is 3.03. The second-order valence-corrected chi connectivity index (χ2v) is 7.03. The number of halogens is 1. The fraction of sp³-hybridized carbons (Fsp3) is 0.273. The summed E-state index contributed by atoms with van der Waals surface area (Å²) in [6.45, 7) is 0.772. The molecular formula is C22H22ClNO5. The molecule has 0 saturated carbocycles. The summed E-state index contributed by atoms with van der Waals surface area (Å²) in [5.41, 5.74) is 1.00. The van der Waals surface area contributed by atoms with Crippen molar-refractivity contribution in [2.24, 2.45) is 0 Å². The molecule has 1 atom stereocenters. The predicted octanol–water partition coefficient (Wildman–Crippen LogP) is 3.81. The van der Waals surface area contributed by atoms with Gasteiger partial charge in [0, 0.05) is 25.3 Å². The number of rotatable bonds is 7. The minimum atomic E-state index is -0.740. The number of ketones is 1. The van der Waals surface area contributed by atoms with Gasteiger partial charge in [0.25, 0.3) is 11.7 Å². The van der Waals surface area contributed by atoms with Crippen molar-refractivity contribution in [3.05, 3.63) is 70.3 Å². The van der Waals surface area contributed by atoms with Gasteiger partial charge in [0.2, 0.25) is 0 Å². The molecule has 1 heterocycles. The molecule has 0 bridgehead atoms. The number of amides is 1. The summed E-state index contributed by atoms with van der Waals surface area (Å²) in [4.78, 5) is 27.2. The quantitative estimate of drug-likeness (QED) is 0.322. The van der Waals surface area contributed by atoms with E-state index in [-0.39, 0.29) is 16.9 Å². The summed E-state index contributed by atoms with van der Waals surface area (Å²) < 4.78 is 10.4. The van der Waals surface area contributed by atoms with Gasteiger partial charge < -0.3 is 19.5 Å². The average molecular weight is 416 g/mol. The van der Waals surface area contributed by atoms with Crippen LogP contribution in [-0.4, -0.2) is 49.1 Å². The summed E-state index contributed by atoms with van der Waals surface area (Å²) in [5.74, 6) is -1.36. The molecule has 2 aromatic carbocycles. The smallest absolute Gasteiger partial charge is 0.295 e. The third-order valence-electron chi connectivity index (χ3n) is 4.82. The number of likely N-dealkylation sites (tertiary alicyclic amines) is 1. The number of nitrogens with zero attached hydrogens (tertiary/aromatic N) is 1. The highest BCUT2D eigenvalue weighted by atomic mass is 35.5. The van der Waals surface area contributed by atoms with Crippen molar-refractivity contribution in [3.8, 4) is 5.75 Å². The maximum absolute atomic E-state index is 12.9. The van der Waals surface area contributed by atoms with Crippen LogP contribution in [0.3, 0.4) is 0 Å². The van der Waals surface area contributed by atoms with Gasteiger partial charge in [-0.15, -0.1) is 0 Å². The van der Waals surface area contributed by atoms with Gasteiger partial charge in [0.15, 0.2) is 0 Å². The first-order chi connectivity index (χ1) is 14.0. The average Bonchev–Trinajstić information content (AvgIpc) is 2.99. The number of aliphatic hydroxyl groups is 1. The summed E-state index contributed by atoms with van der Waals surface area (Å²) in [6, 6.07) is 13.2. The maximum atomic E-state index is 12.9. The van der Waals surface area contributed by atoms with Gasteiger partial charge in [0.1, 0.15) is 11.5 Å². The molecule has 0 aromatic heterocycles. The minimum Gasteiger partial charge on any atom is -0.507 e. The topological polar surface area (TPSA) is 76.1 Å². The summed E-state index contributed by atoms with van der Waals surface area (Å²) in [6.07, 6.45) is 0.563. The molecule has 1 N–H and O–H groups in total. The number of carbonyl (C=O) groups excluding carboxylic acids is 2. The highest BCUT2D eigenvalue weighted by Gasteiger charge is 2.46. The number of aliphatic hydroxyl groups excluding tert-OH is 1. The fourth-order valence-electron chi connectivity index (χ4n) is 3.48. The first-order valence-electron chi connectivity index (χ1n) is 9.15. The molecule has 0 radical (unpaired) electrons. The zero-order valence-electron chi connectivity index (χ0n) is 16.2. The van der Waals surface area contributed by atoms with Gasteiger partial charge in [0.05, 0.1) is 24.3 Å². The van der Waals surface area contributed by atoms with Crippen LogP contribution in [0.1, 0.15) is 23.6 Å². The van der Waals surface area contributed by atoms with Crippen molar-refractivity contribution in [3.63, 3.8) is 0 Å². The summed E-state index contributed by atoms with van der Waals surface area (Å²) >= 11 is 6.09. The van der Waals surface area contributed by atoms with Crippen LogP contribution in [0.15, 0.2) is 54.1 Å². The van der Waals surface area contributed by atoms with Gasteiger partial charge in [-0.05, 0) is 30.2 Å². The van der Waals surface area contributed by atoms with Gasteiger partial charge in [-0.1, -0.05) is 41.9 Å². The fourth-order valence-corrected chi connectivity index (χ4v) is 3.65.